The van der Waals surface area contributed by atoms with Crippen molar-refractivity contribution in [3.63, 3.8) is 0 Å². The van der Waals surface area contributed by atoms with Crippen molar-refractivity contribution < 1.29 is 29.0 Å². The summed E-state index contributed by atoms with van der Waals surface area (Å²) in [5, 5.41) is 11.6. The van der Waals surface area contributed by atoms with Gasteiger partial charge in [-0.1, -0.05) is 32.9 Å². The lowest BCUT2D eigenvalue weighted by molar-refractivity contribution is -0.132. The van der Waals surface area contributed by atoms with Gasteiger partial charge in [0.2, 0.25) is 0 Å². The van der Waals surface area contributed by atoms with E-state index in [1.54, 1.807) is 74.6 Å². The first kappa shape index (κ1) is 28.5. The highest BCUT2D eigenvalue weighted by molar-refractivity contribution is 6.51. The average Bonchev–Trinajstić information content (AvgIpc) is 3.18. The number of hydrogen-bond donors (Lipinski definition) is 1. The number of nitrogens with zero attached hydrogens (tertiary/aromatic N) is 2. The second-order valence-corrected chi connectivity index (χ2v) is 10.8. The Kier molecular flexibility index (Phi) is 8.09. The molecular formula is C32H34N2O6. The van der Waals surface area contributed by atoms with Gasteiger partial charge in [-0.2, -0.15) is 0 Å². The molecule has 3 aromatic rings. The van der Waals surface area contributed by atoms with E-state index >= 15 is 0 Å². The van der Waals surface area contributed by atoms with Crippen LogP contribution in [0, 0.1) is 0 Å². The number of pyridine rings is 1. The van der Waals surface area contributed by atoms with Crippen LogP contribution in [-0.4, -0.2) is 40.5 Å². The quantitative estimate of drug-likeness (QED) is 0.170. The number of benzene rings is 2. The molecule has 2 heterocycles. The SMILES string of the molecule is CCOc1ccc(/C(O)=C2/C(=O)C(=O)N(c3cccc(C(=O)OC(C)C)c3)C2c2ccccn2)cc1C(C)(C)C. The van der Waals surface area contributed by atoms with E-state index in [0.717, 1.165) is 5.56 Å². The number of anilines is 1. The minimum atomic E-state index is -1.03. The fourth-order valence-electron chi connectivity index (χ4n) is 4.68. The Balaban J connectivity index is 1.90. The Labute approximate surface area is 234 Å². The maximum atomic E-state index is 13.5. The molecule has 0 aliphatic carbocycles. The second kappa shape index (κ2) is 11.3. The zero-order valence-electron chi connectivity index (χ0n) is 23.6. The number of carbonyl (C=O) groups excluding carboxylic acids is 3. The number of esters is 1. The molecule has 1 aliphatic heterocycles. The Morgan fingerprint density at radius 3 is 2.40 bits per heavy atom. The zero-order valence-corrected chi connectivity index (χ0v) is 23.6. The number of ether oxygens (including phenoxy) is 2. The summed E-state index contributed by atoms with van der Waals surface area (Å²) in [5.74, 6) is -1.88. The van der Waals surface area contributed by atoms with Crippen molar-refractivity contribution in [2.24, 2.45) is 0 Å². The van der Waals surface area contributed by atoms with Gasteiger partial charge in [0.1, 0.15) is 17.6 Å². The van der Waals surface area contributed by atoms with Crippen molar-refractivity contribution in [2.45, 2.75) is 59.1 Å². The average molecular weight is 543 g/mol. The molecule has 1 saturated heterocycles. The molecule has 40 heavy (non-hydrogen) atoms. The molecule has 1 unspecified atom stereocenters. The van der Waals surface area contributed by atoms with Crippen LogP contribution in [0.2, 0.25) is 0 Å². The van der Waals surface area contributed by atoms with Gasteiger partial charge in [-0.15, -0.1) is 0 Å². The maximum Gasteiger partial charge on any atom is 0.338 e. The van der Waals surface area contributed by atoms with E-state index in [1.807, 2.05) is 27.7 Å². The van der Waals surface area contributed by atoms with Gasteiger partial charge < -0.3 is 14.6 Å². The van der Waals surface area contributed by atoms with Crippen molar-refractivity contribution in [3.8, 4) is 5.75 Å². The lowest BCUT2D eigenvalue weighted by atomic mass is 9.84. The summed E-state index contributed by atoms with van der Waals surface area (Å²) in [6, 6.07) is 15.7. The number of hydrogen-bond acceptors (Lipinski definition) is 7. The first-order valence-electron chi connectivity index (χ1n) is 13.2. The third kappa shape index (κ3) is 5.61. The molecule has 4 rings (SSSR count). The van der Waals surface area contributed by atoms with Crippen LogP contribution in [0.25, 0.3) is 5.76 Å². The smallest absolute Gasteiger partial charge is 0.338 e. The van der Waals surface area contributed by atoms with E-state index in [2.05, 4.69) is 4.98 Å². The number of rotatable bonds is 7. The number of amides is 1. The number of ketones is 1. The minimum absolute atomic E-state index is 0.0946. The van der Waals surface area contributed by atoms with E-state index in [4.69, 9.17) is 9.47 Å². The zero-order chi connectivity index (χ0) is 29.2. The van der Waals surface area contributed by atoms with Gasteiger partial charge in [-0.25, -0.2) is 4.79 Å². The summed E-state index contributed by atoms with van der Waals surface area (Å²) >= 11 is 0. The van der Waals surface area contributed by atoms with E-state index in [0.29, 0.717) is 29.3 Å². The number of aliphatic hydroxyl groups is 1. The topological polar surface area (TPSA) is 106 Å². The van der Waals surface area contributed by atoms with E-state index in [-0.39, 0.29) is 28.4 Å². The molecule has 208 valence electrons. The van der Waals surface area contributed by atoms with Crippen LogP contribution >= 0.6 is 0 Å². The number of aliphatic hydroxyl groups excluding tert-OH is 1. The molecule has 8 heteroatoms. The van der Waals surface area contributed by atoms with Crippen LogP contribution in [0.4, 0.5) is 5.69 Å². The largest absolute Gasteiger partial charge is 0.507 e. The van der Waals surface area contributed by atoms with E-state index < -0.39 is 23.7 Å². The highest BCUT2D eigenvalue weighted by Gasteiger charge is 2.47. The third-order valence-electron chi connectivity index (χ3n) is 6.48. The molecule has 1 aliphatic rings. The molecule has 0 saturated carbocycles. The molecule has 0 radical (unpaired) electrons. The van der Waals surface area contributed by atoms with Gasteiger partial charge in [0.05, 0.1) is 29.5 Å². The fraction of sp³-hybridized carbons (Fsp3) is 0.312. The molecular weight excluding hydrogens is 508 g/mol. The first-order valence-corrected chi connectivity index (χ1v) is 13.2. The normalized spacial score (nSPS) is 16.9. The molecule has 1 N–H and O–H groups in total. The number of aromatic nitrogens is 1. The fourth-order valence-corrected chi connectivity index (χ4v) is 4.68. The maximum absolute atomic E-state index is 13.5. The molecule has 8 nitrogen and oxygen atoms in total. The molecule has 1 aromatic heterocycles. The summed E-state index contributed by atoms with van der Waals surface area (Å²) in [4.78, 5) is 45.4. The van der Waals surface area contributed by atoms with Crippen LogP contribution in [0.3, 0.4) is 0 Å². The number of carbonyl (C=O) groups is 3. The van der Waals surface area contributed by atoms with E-state index in [1.165, 1.54) is 11.0 Å². The molecule has 1 atom stereocenters. The summed E-state index contributed by atoms with van der Waals surface area (Å²) < 4.78 is 11.1. The first-order chi connectivity index (χ1) is 18.9. The van der Waals surface area contributed by atoms with Gasteiger partial charge in [-0.3, -0.25) is 19.5 Å². The predicted molar refractivity (Wildman–Crippen MR) is 152 cm³/mol. The van der Waals surface area contributed by atoms with Gasteiger partial charge in [0, 0.05) is 23.0 Å². The lowest BCUT2D eigenvalue weighted by Crippen LogP contribution is -2.30. The van der Waals surface area contributed by atoms with Crippen molar-refractivity contribution in [3.05, 3.63) is 94.8 Å². The van der Waals surface area contributed by atoms with Gasteiger partial charge in [0.25, 0.3) is 11.7 Å². The molecule has 0 bridgehead atoms. The molecule has 0 spiro atoms. The van der Waals surface area contributed by atoms with Crippen LogP contribution in [-0.2, 0) is 19.7 Å². The van der Waals surface area contributed by atoms with Crippen LogP contribution in [0.1, 0.15) is 74.8 Å². The van der Waals surface area contributed by atoms with Crippen molar-refractivity contribution in [1.29, 1.82) is 0 Å². The van der Waals surface area contributed by atoms with Gasteiger partial charge >= 0.3 is 5.97 Å². The Hall–Kier alpha value is -4.46. The standard InChI is InChI=1S/C32H34N2O6/c1-7-39-25-15-14-20(18-23(25)32(4,5)6)28(35)26-27(24-13-8-9-16-33-24)34(30(37)29(26)36)22-12-10-11-21(17-22)31(38)40-19(2)3/h8-19,27,35H,7H2,1-6H3/b28-26-. The van der Waals surface area contributed by atoms with Crippen LogP contribution < -0.4 is 9.64 Å². The van der Waals surface area contributed by atoms with Crippen LogP contribution in [0.5, 0.6) is 5.75 Å². The predicted octanol–water partition coefficient (Wildman–Crippen LogP) is 5.97. The molecule has 1 fully saturated rings. The second-order valence-electron chi connectivity index (χ2n) is 10.8. The van der Waals surface area contributed by atoms with Crippen molar-refractivity contribution in [2.75, 3.05) is 11.5 Å². The van der Waals surface area contributed by atoms with Crippen LogP contribution in [0.15, 0.2) is 72.4 Å². The lowest BCUT2D eigenvalue weighted by Gasteiger charge is -2.25. The third-order valence-corrected chi connectivity index (χ3v) is 6.48. The highest BCUT2D eigenvalue weighted by Crippen LogP contribution is 2.42. The summed E-state index contributed by atoms with van der Waals surface area (Å²) in [6.07, 6.45) is 1.23. The Morgan fingerprint density at radius 1 is 1.02 bits per heavy atom. The van der Waals surface area contributed by atoms with Crippen molar-refractivity contribution >= 4 is 29.1 Å². The Morgan fingerprint density at radius 2 is 1.77 bits per heavy atom. The summed E-state index contributed by atoms with van der Waals surface area (Å²) in [5.41, 5.74) is 1.73. The monoisotopic (exact) mass is 542 g/mol. The molecule has 2 aromatic carbocycles. The van der Waals surface area contributed by atoms with Gasteiger partial charge in [-0.05, 0) is 74.7 Å². The Bertz CT molecular complexity index is 1470. The summed E-state index contributed by atoms with van der Waals surface area (Å²) in [7, 11) is 0. The highest BCUT2D eigenvalue weighted by atomic mass is 16.5. The summed E-state index contributed by atoms with van der Waals surface area (Å²) in [6.45, 7) is 11.9. The minimum Gasteiger partial charge on any atom is -0.507 e. The number of Topliss-reactive ketones (excluding diaryl/α,β-unsaturated/α-hetero) is 1. The van der Waals surface area contributed by atoms with Crippen molar-refractivity contribution in [1.82, 2.24) is 4.98 Å². The van der Waals surface area contributed by atoms with E-state index in [9.17, 15) is 19.5 Å². The molecule has 1 amide bonds. The van der Waals surface area contributed by atoms with Gasteiger partial charge in [0.15, 0.2) is 0 Å².